The smallest absolute Gasteiger partial charge is 0.161 e. The van der Waals surface area contributed by atoms with E-state index in [0.717, 1.165) is 29.3 Å². The highest BCUT2D eigenvalue weighted by molar-refractivity contribution is 7.09. The van der Waals surface area contributed by atoms with E-state index in [1.807, 2.05) is 29.5 Å². The second-order valence-electron chi connectivity index (χ2n) is 3.94. The van der Waals surface area contributed by atoms with Crippen LogP contribution in [0.4, 0.5) is 5.69 Å². The summed E-state index contributed by atoms with van der Waals surface area (Å²) < 4.78 is 2.02. The number of aromatic nitrogens is 3. The molecule has 0 atom stereocenters. The number of fused-ring (bicyclic) bond motifs is 1. The standard InChI is InChI=1S/C12H12N4S/c1-8-10(13)4-5-11-14-15-12(16(8)11)7-9-3-2-6-17-9/h2-6H,7,13H2,1H3. The zero-order chi connectivity index (χ0) is 11.8. The number of hydrogen-bond acceptors (Lipinski definition) is 4. The van der Waals surface area contributed by atoms with Gasteiger partial charge in [0, 0.05) is 17.0 Å². The predicted octanol–water partition coefficient (Wildman–Crippen LogP) is 2.27. The maximum atomic E-state index is 5.91. The first-order valence-electron chi connectivity index (χ1n) is 5.37. The number of anilines is 1. The van der Waals surface area contributed by atoms with Crippen molar-refractivity contribution in [1.29, 1.82) is 0 Å². The topological polar surface area (TPSA) is 56.2 Å². The van der Waals surface area contributed by atoms with Crippen LogP contribution in [0.25, 0.3) is 5.65 Å². The zero-order valence-electron chi connectivity index (χ0n) is 9.42. The Balaban J connectivity index is 2.14. The van der Waals surface area contributed by atoms with Crippen molar-refractivity contribution in [2.24, 2.45) is 0 Å². The van der Waals surface area contributed by atoms with Crippen LogP contribution in [0, 0.1) is 6.92 Å². The van der Waals surface area contributed by atoms with Crippen LogP contribution >= 0.6 is 11.3 Å². The van der Waals surface area contributed by atoms with Crippen molar-refractivity contribution in [2.75, 3.05) is 5.73 Å². The van der Waals surface area contributed by atoms with Gasteiger partial charge in [0.1, 0.15) is 5.82 Å². The Kier molecular flexibility index (Phi) is 2.33. The molecule has 0 amide bonds. The third-order valence-corrected chi connectivity index (χ3v) is 3.71. The second-order valence-corrected chi connectivity index (χ2v) is 4.97. The monoisotopic (exact) mass is 244 g/mol. The number of nitrogen functional groups attached to an aromatic ring is 1. The SMILES string of the molecule is Cc1c(N)ccc2nnc(Cc3cccs3)n12. The molecule has 4 nitrogen and oxygen atoms in total. The Labute approximate surface area is 103 Å². The first-order valence-corrected chi connectivity index (χ1v) is 6.25. The Morgan fingerprint density at radius 1 is 1.29 bits per heavy atom. The van der Waals surface area contributed by atoms with Crippen molar-refractivity contribution in [3.05, 3.63) is 46.0 Å². The van der Waals surface area contributed by atoms with Gasteiger partial charge in [0.15, 0.2) is 5.65 Å². The van der Waals surface area contributed by atoms with E-state index >= 15 is 0 Å². The van der Waals surface area contributed by atoms with Gasteiger partial charge in [-0.25, -0.2) is 0 Å². The van der Waals surface area contributed by atoms with Gasteiger partial charge < -0.3 is 5.73 Å². The van der Waals surface area contributed by atoms with Gasteiger partial charge in [-0.15, -0.1) is 21.5 Å². The van der Waals surface area contributed by atoms with E-state index in [1.165, 1.54) is 4.88 Å². The number of aryl methyl sites for hydroxylation is 1. The molecule has 0 aliphatic carbocycles. The highest BCUT2D eigenvalue weighted by Gasteiger charge is 2.10. The maximum absolute atomic E-state index is 5.91. The third kappa shape index (κ3) is 1.68. The molecule has 0 aliphatic heterocycles. The van der Waals surface area contributed by atoms with Crippen molar-refractivity contribution in [1.82, 2.24) is 14.6 Å². The van der Waals surface area contributed by atoms with Crippen LogP contribution in [-0.4, -0.2) is 14.6 Å². The number of thiophene rings is 1. The number of nitrogens with zero attached hydrogens (tertiary/aromatic N) is 3. The normalized spacial score (nSPS) is 11.1. The molecule has 3 aromatic heterocycles. The first-order chi connectivity index (χ1) is 8.25. The molecule has 0 aliphatic rings. The molecule has 3 rings (SSSR count). The summed E-state index contributed by atoms with van der Waals surface area (Å²) in [5.41, 5.74) is 8.53. The summed E-state index contributed by atoms with van der Waals surface area (Å²) in [4.78, 5) is 1.28. The molecular formula is C12H12N4S. The van der Waals surface area contributed by atoms with Crippen LogP contribution in [-0.2, 0) is 6.42 Å². The molecule has 3 heterocycles. The number of pyridine rings is 1. The Morgan fingerprint density at radius 3 is 2.94 bits per heavy atom. The maximum Gasteiger partial charge on any atom is 0.161 e. The van der Waals surface area contributed by atoms with Crippen molar-refractivity contribution in [3.8, 4) is 0 Å². The van der Waals surface area contributed by atoms with Crippen molar-refractivity contribution in [3.63, 3.8) is 0 Å². The zero-order valence-corrected chi connectivity index (χ0v) is 10.2. The van der Waals surface area contributed by atoms with Gasteiger partial charge in [0.05, 0.1) is 5.69 Å². The van der Waals surface area contributed by atoms with Gasteiger partial charge in [0.25, 0.3) is 0 Å². The summed E-state index contributed by atoms with van der Waals surface area (Å²) in [5, 5.41) is 10.5. The van der Waals surface area contributed by atoms with Gasteiger partial charge >= 0.3 is 0 Å². The fraction of sp³-hybridized carbons (Fsp3) is 0.167. The third-order valence-electron chi connectivity index (χ3n) is 2.83. The van der Waals surface area contributed by atoms with Gasteiger partial charge in [0.2, 0.25) is 0 Å². The number of nitrogens with two attached hydrogens (primary N) is 1. The summed E-state index contributed by atoms with van der Waals surface area (Å²) in [6.45, 7) is 1.99. The average Bonchev–Trinajstić information content (AvgIpc) is 2.94. The van der Waals surface area contributed by atoms with Crippen LogP contribution < -0.4 is 5.73 Å². The van der Waals surface area contributed by atoms with Gasteiger partial charge in [-0.1, -0.05) is 6.07 Å². The summed E-state index contributed by atoms with van der Waals surface area (Å²) >= 11 is 1.73. The molecule has 0 aromatic carbocycles. The molecule has 86 valence electrons. The van der Waals surface area contributed by atoms with E-state index < -0.39 is 0 Å². The molecule has 0 unspecified atom stereocenters. The highest BCUT2D eigenvalue weighted by atomic mass is 32.1. The molecule has 0 saturated heterocycles. The summed E-state index contributed by atoms with van der Waals surface area (Å²) in [6, 6.07) is 7.92. The number of hydrogen-bond donors (Lipinski definition) is 1. The van der Waals surface area contributed by atoms with Crippen molar-refractivity contribution >= 4 is 22.7 Å². The molecule has 5 heteroatoms. The minimum atomic E-state index is 0.768. The lowest BCUT2D eigenvalue weighted by Crippen LogP contribution is -2.02. The van der Waals surface area contributed by atoms with E-state index in [2.05, 4.69) is 21.6 Å². The predicted molar refractivity (Wildman–Crippen MR) is 69.3 cm³/mol. The molecular weight excluding hydrogens is 232 g/mol. The Hall–Kier alpha value is -1.88. The van der Waals surface area contributed by atoms with E-state index in [1.54, 1.807) is 11.3 Å². The van der Waals surface area contributed by atoms with Crippen molar-refractivity contribution < 1.29 is 0 Å². The van der Waals surface area contributed by atoms with Gasteiger partial charge in [-0.05, 0) is 30.5 Å². The molecule has 0 spiro atoms. The summed E-state index contributed by atoms with van der Waals surface area (Å²) in [7, 11) is 0. The minimum Gasteiger partial charge on any atom is -0.397 e. The van der Waals surface area contributed by atoms with Gasteiger partial charge in [-0.3, -0.25) is 4.40 Å². The highest BCUT2D eigenvalue weighted by Crippen LogP contribution is 2.18. The average molecular weight is 244 g/mol. The van der Waals surface area contributed by atoms with E-state index in [0.29, 0.717) is 0 Å². The van der Waals surface area contributed by atoms with Crippen molar-refractivity contribution in [2.45, 2.75) is 13.3 Å². The number of rotatable bonds is 2. The quantitative estimate of drug-likeness (QED) is 0.752. The van der Waals surface area contributed by atoms with E-state index in [-0.39, 0.29) is 0 Å². The lowest BCUT2D eigenvalue weighted by Gasteiger charge is -2.05. The van der Waals surface area contributed by atoms with Crippen LogP contribution in [0.3, 0.4) is 0 Å². The largest absolute Gasteiger partial charge is 0.397 e. The van der Waals surface area contributed by atoms with E-state index in [9.17, 15) is 0 Å². The fourth-order valence-corrected chi connectivity index (χ4v) is 2.60. The molecule has 3 aromatic rings. The minimum absolute atomic E-state index is 0.768. The first kappa shape index (κ1) is 10.3. The molecule has 0 saturated carbocycles. The van der Waals surface area contributed by atoms with Crippen LogP contribution in [0.1, 0.15) is 16.4 Å². The van der Waals surface area contributed by atoms with Crippen LogP contribution in [0.2, 0.25) is 0 Å². The molecule has 2 N–H and O–H groups in total. The fourth-order valence-electron chi connectivity index (χ4n) is 1.90. The molecule has 0 bridgehead atoms. The van der Waals surface area contributed by atoms with E-state index in [4.69, 9.17) is 5.73 Å². The second kappa shape index (κ2) is 3.85. The van der Waals surface area contributed by atoms with Crippen LogP contribution in [0.5, 0.6) is 0 Å². The molecule has 17 heavy (non-hydrogen) atoms. The lowest BCUT2D eigenvalue weighted by molar-refractivity contribution is 0.925. The lowest BCUT2D eigenvalue weighted by atomic mass is 10.3. The Bertz CT molecular complexity index is 655. The Morgan fingerprint density at radius 2 is 2.18 bits per heavy atom. The molecule has 0 radical (unpaired) electrons. The van der Waals surface area contributed by atoms with Crippen LogP contribution in [0.15, 0.2) is 29.6 Å². The summed E-state index contributed by atoms with van der Waals surface area (Å²) in [6.07, 6.45) is 0.795. The van der Waals surface area contributed by atoms with Gasteiger partial charge in [-0.2, -0.15) is 0 Å². The molecule has 0 fully saturated rings. The summed E-state index contributed by atoms with van der Waals surface area (Å²) in [5.74, 6) is 0.937.